The van der Waals surface area contributed by atoms with Gasteiger partial charge in [0.2, 0.25) is 0 Å². The maximum Gasteiger partial charge on any atom is 0.412 e. The summed E-state index contributed by atoms with van der Waals surface area (Å²) >= 11 is 0. The molecule has 3 rings (SSSR count). The predicted octanol–water partition coefficient (Wildman–Crippen LogP) is 3.93. The summed E-state index contributed by atoms with van der Waals surface area (Å²) in [4.78, 5) is 11.9. The highest BCUT2D eigenvalue weighted by Crippen LogP contribution is 2.32. The summed E-state index contributed by atoms with van der Waals surface area (Å²) in [6, 6.07) is 6.26. The van der Waals surface area contributed by atoms with Gasteiger partial charge in [-0.05, 0) is 39.2 Å². The Balaban J connectivity index is 1.94. The SMILES string of the molecule is CC(C)(C)OC(=O)Nc1cn2c3c(cccc13)CCC2. The van der Waals surface area contributed by atoms with Gasteiger partial charge in [-0.15, -0.1) is 0 Å². The molecule has 0 atom stereocenters. The van der Waals surface area contributed by atoms with Gasteiger partial charge in [-0.3, -0.25) is 5.32 Å². The molecule has 1 aliphatic rings. The average Bonchev–Trinajstić information content (AvgIpc) is 2.68. The molecule has 0 unspecified atom stereocenters. The smallest absolute Gasteiger partial charge is 0.412 e. The van der Waals surface area contributed by atoms with Crippen LogP contribution in [-0.4, -0.2) is 16.3 Å². The molecule has 0 saturated carbocycles. The van der Waals surface area contributed by atoms with Crippen molar-refractivity contribution in [1.29, 1.82) is 0 Å². The van der Waals surface area contributed by atoms with E-state index in [-0.39, 0.29) is 0 Å². The largest absolute Gasteiger partial charge is 0.444 e. The molecule has 0 spiro atoms. The van der Waals surface area contributed by atoms with E-state index < -0.39 is 11.7 Å². The van der Waals surface area contributed by atoms with E-state index >= 15 is 0 Å². The Kier molecular flexibility index (Phi) is 2.96. The molecular weight excluding hydrogens is 252 g/mol. The van der Waals surface area contributed by atoms with Gasteiger partial charge in [-0.1, -0.05) is 18.2 Å². The molecule has 0 aliphatic carbocycles. The number of rotatable bonds is 1. The zero-order valence-corrected chi connectivity index (χ0v) is 12.2. The van der Waals surface area contributed by atoms with Crippen molar-refractivity contribution >= 4 is 22.7 Å². The van der Waals surface area contributed by atoms with E-state index in [9.17, 15) is 4.79 Å². The van der Waals surface area contributed by atoms with Crippen LogP contribution in [0.5, 0.6) is 0 Å². The Morgan fingerprint density at radius 1 is 1.35 bits per heavy atom. The highest BCUT2D eigenvalue weighted by molar-refractivity contribution is 6.01. The second-order valence-electron chi connectivity index (χ2n) is 6.28. The van der Waals surface area contributed by atoms with Crippen LogP contribution in [0.1, 0.15) is 32.8 Å². The fraction of sp³-hybridized carbons (Fsp3) is 0.438. The lowest BCUT2D eigenvalue weighted by Gasteiger charge is -2.19. The predicted molar refractivity (Wildman–Crippen MR) is 80.1 cm³/mol. The highest BCUT2D eigenvalue weighted by atomic mass is 16.6. The van der Waals surface area contributed by atoms with Crippen LogP contribution >= 0.6 is 0 Å². The molecule has 1 amide bonds. The number of aryl methyl sites for hydroxylation is 2. The van der Waals surface area contributed by atoms with E-state index in [4.69, 9.17) is 4.74 Å². The van der Waals surface area contributed by atoms with Gasteiger partial charge < -0.3 is 9.30 Å². The fourth-order valence-electron chi connectivity index (χ4n) is 2.77. The molecule has 4 nitrogen and oxygen atoms in total. The summed E-state index contributed by atoms with van der Waals surface area (Å²) in [5.41, 5.74) is 2.94. The van der Waals surface area contributed by atoms with Crippen molar-refractivity contribution < 1.29 is 9.53 Å². The molecule has 0 fully saturated rings. The third-order valence-corrected chi connectivity index (χ3v) is 3.46. The first-order valence-electron chi connectivity index (χ1n) is 7.05. The Morgan fingerprint density at radius 2 is 2.15 bits per heavy atom. The third-order valence-electron chi connectivity index (χ3n) is 3.46. The second kappa shape index (κ2) is 4.54. The minimum absolute atomic E-state index is 0.402. The summed E-state index contributed by atoms with van der Waals surface area (Å²) in [7, 11) is 0. The van der Waals surface area contributed by atoms with E-state index in [0.29, 0.717) is 0 Å². The number of carbonyl (C=O) groups excluding carboxylic acids is 1. The number of amides is 1. The van der Waals surface area contributed by atoms with E-state index in [1.807, 2.05) is 39.1 Å². The number of anilines is 1. The van der Waals surface area contributed by atoms with E-state index in [1.54, 1.807) is 0 Å². The number of aromatic nitrogens is 1. The summed E-state index contributed by atoms with van der Waals surface area (Å²) in [6.45, 7) is 6.59. The van der Waals surface area contributed by atoms with E-state index in [2.05, 4.69) is 16.0 Å². The Labute approximate surface area is 118 Å². The molecule has 4 heteroatoms. The van der Waals surface area contributed by atoms with Crippen molar-refractivity contribution in [2.24, 2.45) is 0 Å². The first-order chi connectivity index (χ1) is 9.44. The molecule has 2 heterocycles. The minimum atomic E-state index is -0.485. The van der Waals surface area contributed by atoms with Gasteiger partial charge >= 0.3 is 6.09 Å². The van der Waals surface area contributed by atoms with Crippen LogP contribution in [0.4, 0.5) is 10.5 Å². The molecule has 0 radical (unpaired) electrons. The van der Waals surface area contributed by atoms with E-state index in [1.165, 1.54) is 11.1 Å². The summed E-state index contributed by atoms with van der Waals surface area (Å²) in [5, 5.41) is 3.96. The molecule has 0 saturated heterocycles. The maximum atomic E-state index is 11.9. The number of hydrogen-bond donors (Lipinski definition) is 1. The zero-order valence-electron chi connectivity index (χ0n) is 12.2. The number of benzene rings is 1. The normalized spacial score (nSPS) is 14.3. The first-order valence-corrected chi connectivity index (χ1v) is 7.05. The topological polar surface area (TPSA) is 43.3 Å². The van der Waals surface area contributed by atoms with Crippen LogP contribution in [0.3, 0.4) is 0 Å². The number of nitrogens with zero attached hydrogens (tertiary/aromatic N) is 1. The monoisotopic (exact) mass is 272 g/mol. The van der Waals surface area contributed by atoms with Crippen molar-refractivity contribution in [1.82, 2.24) is 4.57 Å². The van der Waals surface area contributed by atoms with Crippen LogP contribution in [-0.2, 0) is 17.7 Å². The second-order valence-corrected chi connectivity index (χ2v) is 6.28. The number of hydrogen-bond acceptors (Lipinski definition) is 2. The van der Waals surface area contributed by atoms with Crippen LogP contribution in [0.2, 0.25) is 0 Å². The van der Waals surface area contributed by atoms with Gasteiger partial charge in [-0.25, -0.2) is 4.79 Å². The minimum Gasteiger partial charge on any atom is -0.444 e. The van der Waals surface area contributed by atoms with Gasteiger partial charge in [0.1, 0.15) is 5.60 Å². The van der Waals surface area contributed by atoms with Crippen LogP contribution in [0.15, 0.2) is 24.4 Å². The Morgan fingerprint density at radius 3 is 2.90 bits per heavy atom. The van der Waals surface area contributed by atoms with Crippen LogP contribution in [0.25, 0.3) is 10.9 Å². The van der Waals surface area contributed by atoms with Crippen LogP contribution < -0.4 is 5.32 Å². The van der Waals surface area contributed by atoms with Crippen LogP contribution in [0, 0.1) is 0 Å². The molecule has 20 heavy (non-hydrogen) atoms. The Bertz CT molecular complexity index is 665. The standard InChI is InChI=1S/C16H20N2O2/c1-16(2,3)20-15(19)17-13-10-18-9-5-7-11-6-4-8-12(13)14(11)18/h4,6,8,10H,5,7,9H2,1-3H3,(H,17,19). The van der Waals surface area contributed by atoms with Crippen molar-refractivity contribution in [2.45, 2.75) is 45.8 Å². The van der Waals surface area contributed by atoms with Gasteiger partial charge in [0.25, 0.3) is 0 Å². The number of para-hydroxylation sites is 1. The molecule has 1 aromatic carbocycles. The summed E-state index contributed by atoms with van der Waals surface area (Å²) < 4.78 is 7.54. The molecule has 0 bridgehead atoms. The number of ether oxygens (including phenoxy) is 1. The molecule has 1 aromatic heterocycles. The molecular formula is C16H20N2O2. The Hall–Kier alpha value is -1.97. The molecule has 1 N–H and O–H groups in total. The van der Waals surface area contributed by atoms with Gasteiger partial charge in [-0.2, -0.15) is 0 Å². The highest BCUT2D eigenvalue weighted by Gasteiger charge is 2.20. The lowest BCUT2D eigenvalue weighted by Crippen LogP contribution is -2.27. The van der Waals surface area contributed by atoms with Gasteiger partial charge in [0.15, 0.2) is 0 Å². The summed E-state index contributed by atoms with van der Waals surface area (Å²) in [5.74, 6) is 0. The van der Waals surface area contributed by atoms with Crippen molar-refractivity contribution in [3.8, 4) is 0 Å². The quantitative estimate of drug-likeness (QED) is 0.854. The number of nitrogens with one attached hydrogen (secondary N) is 1. The molecule has 2 aromatic rings. The number of carbonyl (C=O) groups is 1. The molecule has 106 valence electrons. The van der Waals surface area contributed by atoms with Crippen molar-refractivity contribution in [3.05, 3.63) is 30.0 Å². The average molecular weight is 272 g/mol. The van der Waals surface area contributed by atoms with Crippen molar-refractivity contribution in [2.75, 3.05) is 5.32 Å². The first kappa shape index (κ1) is 13.0. The fourth-order valence-corrected chi connectivity index (χ4v) is 2.77. The van der Waals surface area contributed by atoms with Gasteiger partial charge in [0.05, 0.1) is 11.2 Å². The molecule has 1 aliphatic heterocycles. The van der Waals surface area contributed by atoms with E-state index in [0.717, 1.165) is 30.5 Å². The van der Waals surface area contributed by atoms with Gasteiger partial charge in [0, 0.05) is 18.1 Å². The maximum absolute atomic E-state index is 11.9. The lowest BCUT2D eigenvalue weighted by molar-refractivity contribution is 0.0636. The third kappa shape index (κ3) is 2.38. The van der Waals surface area contributed by atoms with Crippen molar-refractivity contribution in [3.63, 3.8) is 0 Å². The zero-order chi connectivity index (χ0) is 14.3. The summed E-state index contributed by atoms with van der Waals surface area (Å²) in [6.07, 6.45) is 3.86. The lowest BCUT2D eigenvalue weighted by atomic mass is 10.0.